The molecular formula is C64H111O11P. The lowest BCUT2D eigenvalue weighted by Crippen LogP contribution is -2.30. The Morgan fingerprint density at radius 3 is 1.07 bits per heavy atom. The normalized spacial score (nSPS) is 13.9. The Morgan fingerprint density at radius 1 is 0.382 bits per heavy atom. The molecule has 12 heteroatoms. The van der Waals surface area contributed by atoms with Gasteiger partial charge in [0, 0.05) is 19.3 Å². The third-order valence-corrected chi connectivity index (χ3v) is 13.7. The molecule has 0 aliphatic rings. The Kier molecular flexibility index (Phi) is 55.3. The van der Waals surface area contributed by atoms with Gasteiger partial charge in [-0.15, -0.1) is 0 Å². The fourth-order valence-electron chi connectivity index (χ4n) is 8.20. The van der Waals surface area contributed by atoms with E-state index in [0.29, 0.717) is 19.3 Å². The van der Waals surface area contributed by atoms with Gasteiger partial charge in [0.2, 0.25) is 0 Å². The Labute approximate surface area is 464 Å². The monoisotopic (exact) mass is 1090 g/mol. The predicted octanol–water partition coefficient (Wildman–Crippen LogP) is 18.3. The largest absolute Gasteiger partial charge is 0.472 e. The van der Waals surface area contributed by atoms with Crippen molar-refractivity contribution in [3.05, 3.63) is 85.1 Å². The molecule has 0 aromatic carbocycles. The van der Waals surface area contributed by atoms with Crippen molar-refractivity contribution in [2.45, 2.75) is 277 Å². The molecule has 0 radical (unpaired) electrons. The van der Waals surface area contributed by atoms with E-state index < -0.39 is 57.8 Å². The SMILES string of the molecule is CC/C=C\C/C=C\C/C=C\CCCCCCCC(=O)OCC(COP(=O)(O)OCC(CO)OC(=O)CCCCCCC/C=C\C/C=C\C/C=C\CC)OC(=O)CCCCCCCCCCC/C=C\CCCCCCCC. The summed E-state index contributed by atoms with van der Waals surface area (Å²) in [6.07, 6.45) is 66.8. The highest BCUT2D eigenvalue weighted by Crippen LogP contribution is 2.43. The zero-order chi connectivity index (χ0) is 55.5. The van der Waals surface area contributed by atoms with Gasteiger partial charge in [0.05, 0.1) is 19.8 Å². The first kappa shape index (κ1) is 72.7. The molecule has 0 aliphatic carbocycles. The molecule has 3 unspecified atom stereocenters. The minimum atomic E-state index is -4.76. The predicted molar refractivity (Wildman–Crippen MR) is 316 cm³/mol. The van der Waals surface area contributed by atoms with E-state index in [9.17, 15) is 28.9 Å². The van der Waals surface area contributed by atoms with Crippen LogP contribution in [0.2, 0.25) is 0 Å². The average molecular weight is 1090 g/mol. The van der Waals surface area contributed by atoms with E-state index in [1.54, 1.807) is 0 Å². The van der Waals surface area contributed by atoms with E-state index in [1.807, 2.05) is 0 Å². The van der Waals surface area contributed by atoms with Gasteiger partial charge in [0.15, 0.2) is 6.10 Å². The first-order valence-electron chi connectivity index (χ1n) is 30.5. The summed E-state index contributed by atoms with van der Waals surface area (Å²) in [6, 6.07) is 0. The first-order chi connectivity index (χ1) is 37.2. The molecule has 0 fully saturated rings. The second-order valence-corrected chi connectivity index (χ2v) is 21.6. The van der Waals surface area contributed by atoms with Gasteiger partial charge >= 0.3 is 25.7 Å². The molecule has 0 aromatic rings. The van der Waals surface area contributed by atoms with Gasteiger partial charge in [0.25, 0.3) is 0 Å². The molecule has 3 atom stereocenters. The number of allylic oxidation sites excluding steroid dienone is 14. The molecule has 2 N–H and O–H groups in total. The summed E-state index contributed by atoms with van der Waals surface area (Å²) in [5.41, 5.74) is 0. The van der Waals surface area contributed by atoms with Gasteiger partial charge in [0.1, 0.15) is 12.7 Å². The molecule has 0 saturated heterocycles. The Balaban J connectivity index is 4.74. The van der Waals surface area contributed by atoms with Crippen LogP contribution in [0.5, 0.6) is 0 Å². The zero-order valence-corrected chi connectivity index (χ0v) is 49.3. The summed E-state index contributed by atoms with van der Waals surface area (Å²) in [4.78, 5) is 48.6. The number of aliphatic hydroxyl groups is 1. The lowest BCUT2D eigenvalue weighted by molar-refractivity contribution is -0.161. The van der Waals surface area contributed by atoms with Crippen LogP contribution in [0, 0.1) is 0 Å². The summed E-state index contributed by atoms with van der Waals surface area (Å²) in [5, 5.41) is 9.83. The molecule has 0 amide bonds. The van der Waals surface area contributed by atoms with Crippen molar-refractivity contribution in [1.82, 2.24) is 0 Å². The van der Waals surface area contributed by atoms with Crippen molar-refractivity contribution in [2.75, 3.05) is 26.4 Å². The van der Waals surface area contributed by atoms with Crippen molar-refractivity contribution < 1.29 is 52.2 Å². The quantitative estimate of drug-likeness (QED) is 0.0197. The highest BCUT2D eigenvalue weighted by Gasteiger charge is 2.28. The number of unbranched alkanes of at least 4 members (excludes halogenated alkanes) is 25. The van der Waals surface area contributed by atoms with Crippen LogP contribution >= 0.6 is 7.82 Å². The van der Waals surface area contributed by atoms with Crippen molar-refractivity contribution >= 4 is 25.7 Å². The maximum atomic E-state index is 12.9. The lowest BCUT2D eigenvalue weighted by Gasteiger charge is -2.21. The van der Waals surface area contributed by atoms with Crippen LogP contribution in [0.1, 0.15) is 265 Å². The molecule has 438 valence electrons. The minimum Gasteiger partial charge on any atom is -0.462 e. The van der Waals surface area contributed by atoms with E-state index in [2.05, 4.69) is 106 Å². The summed E-state index contributed by atoms with van der Waals surface area (Å²) >= 11 is 0. The van der Waals surface area contributed by atoms with Crippen molar-refractivity contribution in [1.29, 1.82) is 0 Å². The molecular weight excluding hydrogens is 976 g/mol. The van der Waals surface area contributed by atoms with Crippen LogP contribution in [0.25, 0.3) is 0 Å². The number of phosphoric acid groups is 1. The van der Waals surface area contributed by atoms with Crippen LogP contribution in [0.4, 0.5) is 0 Å². The summed E-state index contributed by atoms with van der Waals surface area (Å²) in [6.45, 7) is 4.40. The number of hydrogen-bond donors (Lipinski definition) is 2. The zero-order valence-electron chi connectivity index (χ0n) is 48.5. The van der Waals surface area contributed by atoms with Crippen LogP contribution in [-0.4, -0.2) is 66.5 Å². The molecule has 0 rings (SSSR count). The Hall–Kier alpha value is -3.34. The topological polar surface area (TPSA) is 155 Å². The Bertz CT molecular complexity index is 1600. The number of carbonyl (C=O) groups is 3. The summed E-state index contributed by atoms with van der Waals surface area (Å²) in [5.74, 6) is -1.50. The smallest absolute Gasteiger partial charge is 0.462 e. The van der Waals surface area contributed by atoms with E-state index in [4.69, 9.17) is 23.3 Å². The van der Waals surface area contributed by atoms with E-state index >= 15 is 0 Å². The highest BCUT2D eigenvalue weighted by atomic mass is 31.2. The molecule has 11 nitrogen and oxygen atoms in total. The van der Waals surface area contributed by atoms with Gasteiger partial charge in [-0.05, 0) is 109 Å². The van der Waals surface area contributed by atoms with Gasteiger partial charge in [-0.3, -0.25) is 23.4 Å². The van der Waals surface area contributed by atoms with Gasteiger partial charge < -0.3 is 24.2 Å². The molecule has 0 bridgehead atoms. The molecule has 76 heavy (non-hydrogen) atoms. The van der Waals surface area contributed by atoms with Gasteiger partial charge in [-0.2, -0.15) is 0 Å². The third kappa shape index (κ3) is 55.4. The van der Waals surface area contributed by atoms with Crippen LogP contribution in [-0.2, 0) is 42.2 Å². The molecule has 0 saturated carbocycles. The maximum absolute atomic E-state index is 12.9. The van der Waals surface area contributed by atoms with Crippen LogP contribution < -0.4 is 0 Å². The van der Waals surface area contributed by atoms with Crippen LogP contribution in [0.15, 0.2) is 85.1 Å². The van der Waals surface area contributed by atoms with E-state index in [-0.39, 0.29) is 25.9 Å². The fraction of sp³-hybridized carbons (Fsp3) is 0.734. The number of esters is 3. The second kappa shape index (κ2) is 57.8. The minimum absolute atomic E-state index is 0.154. The Morgan fingerprint density at radius 2 is 0.684 bits per heavy atom. The number of ether oxygens (including phenoxy) is 3. The third-order valence-electron chi connectivity index (χ3n) is 12.8. The average Bonchev–Trinajstić information content (AvgIpc) is 3.41. The standard InChI is InChI=1S/C64H111O11P/c1-4-7-10-13-16-19-22-25-28-29-30-31-34-37-40-43-46-49-52-55-64(68)75-61(57-71-62(66)53-50-47-44-41-38-35-32-26-23-20-17-14-11-8-5-2)59-73-76(69,70)72-58-60(56-65)74-63(67)54-51-48-45-42-39-36-33-27-24-21-18-15-12-9-6-3/h8-9,11-12,17-18,20-21,25-28,32-33,60-61,65H,4-7,10,13-16,19,22-24,29-31,34-59H2,1-3H3,(H,69,70)/b11-8-,12-9-,20-17-,21-18-,28-25-,32-26-,33-27-. The molecule has 0 heterocycles. The molecule has 0 spiro atoms. The van der Waals surface area contributed by atoms with Gasteiger partial charge in [-0.1, -0.05) is 221 Å². The number of aliphatic hydroxyl groups excluding tert-OH is 1. The van der Waals surface area contributed by atoms with E-state index in [0.717, 1.165) is 122 Å². The lowest BCUT2D eigenvalue weighted by atomic mass is 10.1. The molecule has 0 aliphatic heterocycles. The van der Waals surface area contributed by atoms with Crippen molar-refractivity contribution in [3.63, 3.8) is 0 Å². The van der Waals surface area contributed by atoms with E-state index in [1.165, 1.54) is 83.5 Å². The molecule has 0 aromatic heterocycles. The summed E-state index contributed by atoms with van der Waals surface area (Å²) in [7, 11) is -4.76. The summed E-state index contributed by atoms with van der Waals surface area (Å²) < 4.78 is 39.6. The van der Waals surface area contributed by atoms with Gasteiger partial charge in [-0.25, -0.2) is 4.57 Å². The number of hydrogen-bond acceptors (Lipinski definition) is 10. The fourth-order valence-corrected chi connectivity index (χ4v) is 8.99. The first-order valence-corrected chi connectivity index (χ1v) is 32.0. The van der Waals surface area contributed by atoms with Crippen LogP contribution in [0.3, 0.4) is 0 Å². The number of carbonyl (C=O) groups excluding carboxylic acids is 3. The van der Waals surface area contributed by atoms with Crippen molar-refractivity contribution in [3.8, 4) is 0 Å². The van der Waals surface area contributed by atoms with Crippen molar-refractivity contribution in [2.24, 2.45) is 0 Å². The maximum Gasteiger partial charge on any atom is 0.472 e. The number of phosphoric ester groups is 1. The number of rotatable bonds is 56. The second-order valence-electron chi connectivity index (χ2n) is 20.1. The highest BCUT2D eigenvalue weighted by molar-refractivity contribution is 7.47.